The van der Waals surface area contributed by atoms with Crippen molar-refractivity contribution >= 4 is 11.6 Å². The van der Waals surface area contributed by atoms with Gasteiger partial charge in [0.05, 0.1) is 32.2 Å². The third-order valence-electron chi connectivity index (χ3n) is 5.47. The Labute approximate surface area is 197 Å². The zero-order chi connectivity index (χ0) is 23.9. The van der Waals surface area contributed by atoms with E-state index in [0.717, 1.165) is 17.5 Å². The van der Waals surface area contributed by atoms with Crippen LogP contribution in [0.5, 0.6) is 17.4 Å². The summed E-state index contributed by atoms with van der Waals surface area (Å²) in [4.78, 5) is 12.6. The Morgan fingerprint density at radius 1 is 1.03 bits per heavy atom. The lowest BCUT2D eigenvalue weighted by molar-refractivity contribution is -0.122. The SMILES string of the molecule is CCC(C(=O)NCCOc1ccc2nnc(-c3ccc(OC)cc3OC)n2n1)c1ccccc1. The lowest BCUT2D eigenvalue weighted by Crippen LogP contribution is -2.32. The van der Waals surface area contributed by atoms with E-state index >= 15 is 0 Å². The molecule has 0 bridgehead atoms. The third-order valence-corrected chi connectivity index (χ3v) is 5.47. The summed E-state index contributed by atoms with van der Waals surface area (Å²) in [6.07, 6.45) is 0.722. The van der Waals surface area contributed by atoms with Crippen LogP contribution in [0.2, 0.25) is 0 Å². The molecule has 0 radical (unpaired) electrons. The first kappa shape index (κ1) is 23.0. The van der Waals surface area contributed by atoms with Gasteiger partial charge in [0.2, 0.25) is 11.8 Å². The van der Waals surface area contributed by atoms with E-state index in [1.165, 1.54) is 0 Å². The summed E-state index contributed by atoms with van der Waals surface area (Å²) in [6, 6.07) is 18.7. The van der Waals surface area contributed by atoms with Crippen LogP contribution in [0.3, 0.4) is 0 Å². The first-order chi connectivity index (χ1) is 16.6. The Hall–Kier alpha value is -4.14. The molecule has 2 aromatic carbocycles. The molecule has 0 saturated heterocycles. The van der Waals surface area contributed by atoms with Gasteiger partial charge in [0.15, 0.2) is 11.5 Å². The molecule has 4 rings (SSSR count). The van der Waals surface area contributed by atoms with Crippen LogP contribution in [0.25, 0.3) is 17.0 Å². The summed E-state index contributed by atoms with van der Waals surface area (Å²) in [6.45, 7) is 2.64. The normalized spacial score (nSPS) is 11.7. The Morgan fingerprint density at radius 2 is 1.85 bits per heavy atom. The zero-order valence-corrected chi connectivity index (χ0v) is 19.4. The molecule has 0 aliphatic rings. The smallest absolute Gasteiger partial charge is 0.231 e. The first-order valence-electron chi connectivity index (χ1n) is 11.0. The maximum Gasteiger partial charge on any atom is 0.231 e. The molecule has 9 nitrogen and oxygen atoms in total. The quantitative estimate of drug-likeness (QED) is 0.361. The number of hydrogen-bond donors (Lipinski definition) is 1. The molecule has 1 atom stereocenters. The maximum atomic E-state index is 12.6. The summed E-state index contributed by atoms with van der Waals surface area (Å²) < 4.78 is 18.1. The molecule has 176 valence electrons. The molecule has 0 saturated carbocycles. The van der Waals surface area contributed by atoms with Crippen molar-refractivity contribution in [2.24, 2.45) is 0 Å². The van der Waals surface area contributed by atoms with E-state index in [1.807, 2.05) is 49.4 Å². The minimum atomic E-state index is -0.185. The topological polar surface area (TPSA) is 99.9 Å². The third kappa shape index (κ3) is 4.93. The predicted molar refractivity (Wildman–Crippen MR) is 127 cm³/mol. The van der Waals surface area contributed by atoms with E-state index < -0.39 is 0 Å². The van der Waals surface area contributed by atoms with Gasteiger partial charge in [-0.05, 0) is 30.2 Å². The lowest BCUT2D eigenvalue weighted by Gasteiger charge is -2.15. The highest BCUT2D eigenvalue weighted by Gasteiger charge is 2.18. The van der Waals surface area contributed by atoms with Crippen molar-refractivity contribution in [1.82, 2.24) is 25.1 Å². The Kier molecular flexibility index (Phi) is 7.22. The Bertz CT molecular complexity index is 1260. The second kappa shape index (κ2) is 10.7. The number of nitrogens with zero attached hydrogens (tertiary/aromatic N) is 4. The van der Waals surface area contributed by atoms with Crippen molar-refractivity contribution in [3.8, 4) is 28.8 Å². The number of aromatic nitrogens is 4. The highest BCUT2D eigenvalue weighted by molar-refractivity contribution is 5.83. The maximum absolute atomic E-state index is 12.6. The van der Waals surface area contributed by atoms with Crippen molar-refractivity contribution in [2.75, 3.05) is 27.4 Å². The largest absolute Gasteiger partial charge is 0.497 e. The number of amides is 1. The molecule has 9 heteroatoms. The first-order valence-corrected chi connectivity index (χ1v) is 11.0. The van der Waals surface area contributed by atoms with Gasteiger partial charge in [0, 0.05) is 12.1 Å². The van der Waals surface area contributed by atoms with E-state index in [9.17, 15) is 4.79 Å². The van der Waals surface area contributed by atoms with E-state index in [0.29, 0.717) is 35.4 Å². The van der Waals surface area contributed by atoms with Gasteiger partial charge in [-0.25, -0.2) is 0 Å². The molecule has 0 spiro atoms. The fourth-order valence-electron chi connectivity index (χ4n) is 3.71. The second-order valence-corrected chi connectivity index (χ2v) is 7.54. The van der Waals surface area contributed by atoms with Crippen molar-refractivity contribution in [3.63, 3.8) is 0 Å². The Balaban J connectivity index is 1.42. The summed E-state index contributed by atoms with van der Waals surface area (Å²) in [5, 5.41) is 15.9. The molecule has 1 unspecified atom stereocenters. The lowest BCUT2D eigenvalue weighted by atomic mass is 9.96. The van der Waals surface area contributed by atoms with Crippen LogP contribution < -0.4 is 19.5 Å². The number of ether oxygens (including phenoxy) is 3. The number of hydrogen-bond acceptors (Lipinski definition) is 7. The standard InChI is InChI=1S/C25H27N5O4/c1-4-19(17-8-6-5-7-9-17)25(31)26-14-15-34-23-13-12-22-27-28-24(30(22)29-23)20-11-10-18(32-2)16-21(20)33-3/h5-13,16,19H,4,14-15H2,1-3H3,(H,26,31). The van der Waals surface area contributed by atoms with Crippen LogP contribution >= 0.6 is 0 Å². The van der Waals surface area contributed by atoms with Crippen LogP contribution in [-0.2, 0) is 4.79 Å². The van der Waals surface area contributed by atoms with E-state index in [4.69, 9.17) is 14.2 Å². The van der Waals surface area contributed by atoms with Crippen LogP contribution in [0.4, 0.5) is 0 Å². The van der Waals surface area contributed by atoms with Gasteiger partial charge >= 0.3 is 0 Å². The molecule has 1 N–H and O–H groups in total. The number of fused-ring (bicyclic) bond motifs is 1. The van der Waals surface area contributed by atoms with Crippen LogP contribution in [0.1, 0.15) is 24.8 Å². The second-order valence-electron chi connectivity index (χ2n) is 7.54. The summed E-state index contributed by atoms with van der Waals surface area (Å²) >= 11 is 0. The van der Waals surface area contributed by atoms with Gasteiger partial charge in [-0.1, -0.05) is 37.3 Å². The number of rotatable bonds is 10. The molecule has 2 heterocycles. The van der Waals surface area contributed by atoms with Gasteiger partial charge in [-0.2, -0.15) is 4.52 Å². The highest BCUT2D eigenvalue weighted by Crippen LogP contribution is 2.32. The van der Waals surface area contributed by atoms with Crippen LogP contribution in [-0.4, -0.2) is 53.1 Å². The van der Waals surface area contributed by atoms with Gasteiger partial charge < -0.3 is 19.5 Å². The van der Waals surface area contributed by atoms with E-state index in [1.54, 1.807) is 36.9 Å². The molecule has 0 aliphatic heterocycles. The van der Waals surface area contributed by atoms with Crippen molar-refractivity contribution in [1.29, 1.82) is 0 Å². The van der Waals surface area contributed by atoms with Gasteiger partial charge in [-0.3, -0.25) is 4.79 Å². The number of nitrogens with one attached hydrogen (secondary N) is 1. The van der Waals surface area contributed by atoms with Gasteiger partial charge in [-0.15, -0.1) is 15.3 Å². The van der Waals surface area contributed by atoms with Crippen molar-refractivity contribution in [2.45, 2.75) is 19.3 Å². The molecular formula is C25H27N5O4. The molecule has 4 aromatic rings. The summed E-state index contributed by atoms with van der Waals surface area (Å²) in [5.41, 5.74) is 2.30. The number of carbonyl (C=O) groups is 1. The fourth-order valence-corrected chi connectivity index (χ4v) is 3.71. The molecule has 2 aromatic heterocycles. The summed E-state index contributed by atoms with van der Waals surface area (Å²) in [5.74, 6) is 1.97. The minimum absolute atomic E-state index is 0.0200. The Morgan fingerprint density at radius 3 is 2.59 bits per heavy atom. The average Bonchev–Trinajstić information content (AvgIpc) is 3.30. The highest BCUT2D eigenvalue weighted by atomic mass is 16.5. The monoisotopic (exact) mass is 461 g/mol. The van der Waals surface area contributed by atoms with Crippen molar-refractivity contribution < 1.29 is 19.0 Å². The minimum Gasteiger partial charge on any atom is -0.497 e. The van der Waals surface area contributed by atoms with Crippen LogP contribution in [0.15, 0.2) is 60.7 Å². The molecular weight excluding hydrogens is 434 g/mol. The van der Waals surface area contributed by atoms with Gasteiger partial charge in [0.25, 0.3) is 0 Å². The number of benzene rings is 2. The number of carbonyl (C=O) groups excluding carboxylic acids is 1. The average molecular weight is 462 g/mol. The van der Waals surface area contributed by atoms with E-state index in [-0.39, 0.29) is 18.4 Å². The molecule has 1 amide bonds. The fraction of sp³-hybridized carbons (Fsp3) is 0.280. The molecule has 34 heavy (non-hydrogen) atoms. The zero-order valence-electron chi connectivity index (χ0n) is 19.4. The molecule has 0 fully saturated rings. The molecule has 0 aliphatic carbocycles. The van der Waals surface area contributed by atoms with Crippen LogP contribution in [0, 0.1) is 0 Å². The van der Waals surface area contributed by atoms with Gasteiger partial charge in [0.1, 0.15) is 18.1 Å². The number of methoxy groups -OCH3 is 2. The predicted octanol–water partition coefficient (Wildman–Crippen LogP) is 3.50. The summed E-state index contributed by atoms with van der Waals surface area (Å²) in [7, 11) is 3.18. The van der Waals surface area contributed by atoms with E-state index in [2.05, 4.69) is 20.6 Å². The van der Waals surface area contributed by atoms with Crippen molar-refractivity contribution in [3.05, 3.63) is 66.2 Å².